The van der Waals surface area contributed by atoms with Gasteiger partial charge in [0.25, 0.3) is 0 Å². The summed E-state index contributed by atoms with van der Waals surface area (Å²) in [6.07, 6.45) is 1.18. The van der Waals surface area contributed by atoms with Crippen LogP contribution < -0.4 is 5.73 Å². The third-order valence-corrected chi connectivity index (χ3v) is 4.57. The largest absolute Gasteiger partial charge is 0.389 e. The highest BCUT2D eigenvalue weighted by Gasteiger charge is 2.21. The van der Waals surface area contributed by atoms with E-state index >= 15 is 0 Å². The third-order valence-electron chi connectivity index (χ3n) is 4.35. The Kier molecular flexibility index (Phi) is 5.67. The highest BCUT2D eigenvalue weighted by molar-refractivity contribution is 7.80. The van der Waals surface area contributed by atoms with Crippen LogP contribution in [0.4, 0.5) is 4.39 Å². The number of piperazine rings is 1. The Hall–Kier alpha value is -1.04. The number of rotatable bonds is 5. The lowest BCUT2D eigenvalue weighted by atomic mass is 10.1. The Bertz CT molecular complexity index is 498. The van der Waals surface area contributed by atoms with Gasteiger partial charge in [0.2, 0.25) is 0 Å². The van der Waals surface area contributed by atoms with Crippen molar-refractivity contribution < 1.29 is 4.39 Å². The second-order valence-electron chi connectivity index (χ2n) is 5.74. The molecule has 0 spiro atoms. The summed E-state index contributed by atoms with van der Waals surface area (Å²) in [6, 6.07) is 5.36. The van der Waals surface area contributed by atoms with E-state index in [1.54, 1.807) is 6.07 Å². The van der Waals surface area contributed by atoms with Crippen LogP contribution in [0.1, 0.15) is 31.4 Å². The smallest absolute Gasteiger partial charge is 0.123 e. The van der Waals surface area contributed by atoms with Crippen LogP contribution in [0.15, 0.2) is 18.2 Å². The molecule has 21 heavy (non-hydrogen) atoms. The minimum atomic E-state index is -0.289. The van der Waals surface area contributed by atoms with E-state index in [0.717, 1.165) is 38.3 Å². The lowest BCUT2D eigenvalue weighted by molar-refractivity contribution is 0.0963. The van der Waals surface area contributed by atoms with Gasteiger partial charge in [0.15, 0.2) is 0 Å². The molecule has 5 heteroatoms. The van der Waals surface area contributed by atoms with Gasteiger partial charge in [-0.05, 0) is 31.0 Å². The summed E-state index contributed by atoms with van der Waals surface area (Å²) in [5.74, 6) is -0.289. The van der Waals surface area contributed by atoms with Gasteiger partial charge in [-0.3, -0.25) is 9.80 Å². The van der Waals surface area contributed by atoms with Gasteiger partial charge in [-0.25, -0.2) is 4.39 Å². The molecule has 0 aliphatic carbocycles. The zero-order valence-corrected chi connectivity index (χ0v) is 13.6. The molecule has 1 aromatic carbocycles. The van der Waals surface area contributed by atoms with Crippen LogP contribution in [0.2, 0.25) is 0 Å². The quantitative estimate of drug-likeness (QED) is 0.847. The SMILES string of the molecule is CCC(C)N1CCN(Cc2ccc(F)cc2C(N)=S)CC1. The molecule has 0 bridgehead atoms. The molecule has 0 radical (unpaired) electrons. The van der Waals surface area contributed by atoms with Crippen LogP contribution >= 0.6 is 12.2 Å². The minimum Gasteiger partial charge on any atom is -0.389 e. The predicted octanol–water partition coefficient (Wildman–Crippen LogP) is 2.38. The van der Waals surface area contributed by atoms with Crippen LogP contribution in [0.5, 0.6) is 0 Å². The number of nitrogens with two attached hydrogens (primary N) is 1. The fourth-order valence-corrected chi connectivity index (χ4v) is 2.97. The number of halogens is 1. The van der Waals surface area contributed by atoms with Gasteiger partial charge in [0, 0.05) is 44.3 Å². The van der Waals surface area contributed by atoms with Crippen LogP contribution in [0, 0.1) is 5.82 Å². The summed E-state index contributed by atoms with van der Waals surface area (Å²) >= 11 is 5.03. The van der Waals surface area contributed by atoms with Crippen molar-refractivity contribution in [2.45, 2.75) is 32.9 Å². The highest BCUT2D eigenvalue weighted by atomic mass is 32.1. The summed E-state index contributed by atoms with van der Waals surface area (Å²) in [6.45, 7) is 9.50. The Morgan fingerprint density at radius 3 is 2.57 bits per heavy atom. The Morgan fingerprint density at radius 2 is 2.00 bits per heavy atom. The standard InChI is InChI=1S/C16H24FN3S/c1-3-12(2)20-8-6-19(7-9-20)11-13-4-5-14(17)10-15(13)16(18)21/h4-5,10,12H,3,6-9,11H2,1-2H3,(H2,18,21). The monoisotopic (exact) mass is 309 g/mol. The number of benzene rings is 1. The zero-order valence-electron chi connectivity index (χ0n) is 12.8. The molecule has 0 aromatic heterocycles. The summed E-state index contributed by atoms with van der Waals surface area (Å²) in [4.78, 5) is 5.17. The van der Waals surface area contributed by atoms with Crippen molar-refractivity contribution >= 4 is 17.2 Å². The molecule has 1 heterocycles. The van der Waals surface area contributed by atoms with Crippen molar-refractivity contribution in [2.75, 3.05) is 26.2 Å². The first-order chi connectivity index (χ1) is 10.0. The van der Waals surface area contributed by atoms with E-state index in [4.69, 9.17) is 18.0 Å². The Balaban J connectivity index is 1.99. The molecule has 2 rings (SSSR count). The van der Waals surface area contributed by atoms with E-state index in [1.165, 1.54) is 18.6 Å². The lowest BCUT2D eigenvalue weighted by Gasteiger charge is -2.38. The van der Waals surface area contributed by atoms with Gasteiger partial charge in [-0.2, -0.15) is 0 Å². The third kappa shape index (κ3) is 4.22. The normalized spacial score (nSPS) is 18.6. The lowest BCUT2D eigenvalue weighted by Crippen LogP contribution is -2.49. The van der Waals surface area contributed by atoms with E-state index in [1.807, 2.05) is 0 Å². The van der Waals surface area contributed by atoms with Gasteiger partial charge in [-0.15, -0.1) is 0 Å². The Morgan fingerprint density at radius 1 is 1.33 bits per heavy atom. The average Bonchev–Trinajstić information content (AvgIpc) is 2.49. The van der Waals surface area contributed by atoms with E-state index in [2.05, 4.69) is 23.6 Å². The van der Waals surface area contributed by atoms with Gasteiger partial charge < -0.3 is 5.73 Å². The summed E-state index contributed by atoms with van der Waals surface area (Å²) < 4.78 is 13.3. The van der Waals surface area contributed by atoms with Crippen LogP contribution in [-0.2, 0) is 6.54 Å². The molecule has 1 unspecified atom stereocenters. The van der Waals surface area contributed by atoms with Crippen LogP contribution in [0.3, 0.4) is 0 Å². The second kappa shape index (κ2) is 7.29. The van der Waals surface area contributed by atoms with E-state index in [9.17, 15) is 4.39 Å². The Labute approximate surface area is 131 Å². The van der Waals surface area contributed by atoms with Crippen molar-refractivity contribution in [3.63, 3.8) is 0 Å². The average molecular weight is 309 g/mol. The number of hydrogen-bond acceptors (Lipinski definition) is 3. The van der Waals surface area contributed by atoms with Gasteiger partial charge in [0.05, 0.1) is 0 Å². The van der Waals surface area contributed by atoms with Gasteiger partial charge >= 0.3 is 0 Å². The molecular weight excluding hydrogens is 285 g/mol. The van der Waals surface area contributed by atoms with E-state index in [0.29, 0.717) is 11.6 Å². The molecule has 1 fully saturated rings. The van der Waals surface area contributed by atoms with Crippen molar-refractivity contribution in [1.82, 2.24) is 9.80 Å². The van der Waals surface area contributed by atoms with Crippen molar-refractivity contribution in [3.05, 3.63) is 35.1 Å². The predicted molar refractivity (Wildman–Crippen MR) is 88.9 cm³/mol. The number of hydrogen-bond donors (Lipinski definition) is 1. The molecule has 3 nitrogen and oxygen atoms in total. The maximum atomic E-state index is 13.3. The van der Waals surface area contributed by atoms with Crippen molar-refractivity contribution in [3.8, 4) is 0 Å². The number of thiocarbonyl (C=S) groups is 1. The zero-order chi connectivity index (χ0) is 15.4. The fraction of sp³-hybridized carbons (Fsp3) is 0.562. The molecule has 2 N–H and O–H groups in total. The van der Waals surface area contributed by atoms with Crippen molar-refractivity contribution in [1.29, 1.82) is 0 Å². The summed E-state index contributed by atoms with van der Waals surface area (Å²) in [7, 11) is 0. The molecule has 0 saturated carbocycles. The maximum Gasteiger partial charge on any atom is 0.123 e. The second-order valence-corrected chi connectivity index (χ2v) is 6.17. The summed E-state index contributed by atoms with van der Waals surface area (Å²) in [5.41, 5.74) is 7.38. The van der Waals surface area contributed by atoms with Crippen molar-refractivity contribution in [2.24, 2.45) is 5.73 Å². The summed E-state index contributed by atoms with van der Waals surface area (Å²) in [5, 5.41) is 0. The molecule has 1 saturated heterocycles. The van der Waals surface area contributed by atoms with Crippen LogP contribution in [-0.4, -0.2) is 47.0 Å². The minimum absolute atomic E-state index is 0.266. The van der Waals surface area contributed by atoms with E-state index < -0.39 is 0 Å². The highest BCUT2D eigenvalue weighted by Crippen LogP contribution is 2.16. The molecule has 1 aliphatic rings. The maximum absolute atomic E-state index is 13.3. The fourth-order valence-electron chi connectivity index (χ4n) is 2.78. The molecular formula is C16H24FN3S. The molecule has 1 aromatic rings. The van der Waals surface area contributed by atoms with Gasteiger partial charge in [-0.1, -0.05) is 25.2 Å². The van der Waals surface area contributed by atoms with Gasteiger partial charge in [0.1, 0.15) is 10.8 Å². The first-order valence-corrected chi connectivity index (χ1v) is 7.96. The molecule has 1 atom stereocenters. The first kappa shape index (κ1) is 16.3. The molecule has 1 aliphatic heterocycles. The van der Waals surface area contributed by atoms with Crippen LogP contribution in [0.25, 0.3) is 0 Å². The first-order valence-electron chi connectivity index (χ1n) is 7.56. The topological polar surface area (TPSA) is 32.5 Å². The molecule has 0 amide bonds. The molecule has 116 valence electrons. The number of nitrogens with zero attached hydrogens (tertiary/aromatic N) is 2. The van der Waals surface area contributed by atoms with E-state index in [-0.39, 0.29) is 10.8 Å².